The summed E-state index contributed by atoms with van der Waals surface area (Å²) in [5, 5.41) is 2.51. The lowest BCUT2D eigenvalue weighted by molar-refractivity contribution is 0.0983. The smallest absolute Gasteiger partial charge is 0.264 e. The van der Waals surface area contributed by atoms with Gasteiger partial charge in [-0.25, -0.2) is 4.98 Å². The van der Waals surface area contributed by atoms with Gasteiger partial charge in [0.25, 0.3) is 5.91 Å². The summed E-state index contributed by atoms with van der Waals surface area (Å²) < 4.78 is 6.95. The second kappa shape index (κ2) is 9.00. The minimum absolute atomic E-state index is 0.144. The van der Waals surface area contributed by atoms with Crippen LogP contribution < -0.4 is 9.64 Å². The van der Waals surface area contributed by atoms with Gasteiger partial charge in [0, 0.05) is 12.4 Å². The number of aryl methyl sites for hydroxylation is 1. The van der Waals surface area contributed by atoms with Crippen LogP contribution in [0.5, 0.6) is 5.75 Å². The summed E-state index contributed by atoms with van der Waals surface area (Å²) >= 11 is 1.52. The number of pyridine rings is 1. The van der Waals surface area contributed by atoms with E-state index < -0.39 is 0 Å². The Bertz CT molecular complexity index is 1450. The van der Waals surface area contributed by atoms with E-state index in [1.807, 2.05) is 67.6 Å². The van der Waals surface area contributed by atoms with Gasteiger partial charge in [0.05, 0.1) is 28.9 Å². The Hall–Kier alpha value is -3.77. The topological polar surface area (TPSA) is 55.3 Å². The average molecular weight is 454 g/mol. The number of carbonyl (C=O) groups excluding carboxylic acids is 1. The fourth-order valence-electron chi connectivity index (χ4n) is 3.92. The molecule has 0 fully saturated rings. The average Bonchev–Trinajstić information content (AvgIpc) is 3.25. The van der Waals surface area contributed by atoms with Crippen LogP contribution in [-0.4, -0.2) is 22.5 Å². The van der Waals surface area contributed by atoms with E-state index in [2.05, 4.69) is 18.0 Å². The second-order valence-corrected chi connectivity index (χ2v) is 8.82. The van der Waals surface area contributed by atoms with Gasteiger partial charge in [-0.1, -0.05) is 53.8 Å². The first-order valence-electron chi connectivity index (χ1n) is 10.9. The Morgan fingerprint density at radius 2 is 1.94 bits per heavy atom. The normalized spacial score (nSPS) is 11.1. The molecule has 0 unspecified atom stereocenters. The molecule has 2 heterocycles. The fraction of sp³-hybridized carbons (Fsp3) is 0.148. The van der Waals surface area contributed by atoms with Crippen LogP contribution in [0.1, 0.15) is 28.4 Å². The van der Waals surface area contributed by atoms with E-state index in [-0.39, 0.29) is 5.91 Å². The number of anilines is 1. The van der Waals surface area contributed by atoms with E-state index in [0.29, 0.717) is 29.6 Å². The molecule has 0 bridgehead atoms. The Labute approximate surface area is 196 Å². The molecule has 0 spiro atoms. The van der Waals surface area contributed by atoms with Crippen molar-refractivity contribution in [2.24, 2.45) is 0 Å². The van der Waals surface area contributed by atoms with E-state index in [0.717, 1.165) is 32.1 Å². The molecular weight excluding hydrogens is 430 g/mol. The van der Waals surface area contributed by atoms with Crippen LogP contribution in [0.4, 0.5) is 5.13 Å². The summed E-state index contributed by atoms with van der Waals surface area (Å²) in [5.41, 5.74) is 3.52. The second-order valence-electron chi connectivity index (χ2n) is 7.81. The maximum Gasteiger partial charge on any atom is 0.264 e. The van der Waals surface area contributed by atoms with Crippen LogP contribution in [-0.2, 0) is 6.54 Å². The SMILES string of the molecule is CCOc1ccc2ccccc2c1C(=O)N(Cc1cccnc1)c1nc2ccc(C)cc2s1. The molecule has 0 radical (unpaired) electrons. The summed E-state index contributed by atoms with van der Waals surface area (Å²) in [6.45, 7) is 4.82. The van der Waals surface area contributed by atoms with Gasteiger partial charge in [0.2, 0.25) is 0 Å². The van der Waals surface area contributed by atoms with Gasteiger partial charge < -0.3 is 4.74 Å². The number of hydrogen-bond donors (Lipinski definition) is 0. The molecule has 5 nitrogen and oxygen atoms in total. The van der Waals surface area contributed by atoms with Gasteiger partial charge >= 0.3 is 0 Å². The van der Waals surface area contributed by atoms with Gasteiger partial charge in [-0.3, -0.25) is 14.7 Å². The first-order valence-corrected chi connectivity index (χ1v) is 11.7. The van der Waals surface area contributed by atoms with Crippen molar-refractivity contribution in [2.75, 3.05) is 11.5 Å². The number of ether oxygens (including phenoxy) is 1. The highest BCUT2D eigenvalue weighted by Gasteiger charge is 2.26. The molecule has 0 atom stereocenters. The summed E-state index contributed by atoms with van der Waals surface area (Å²) in [5.74, 6) is 0.434. The van der Waals surface area contributed by atoms with Gasteiger partial charge in [0.15, 0.2) is 5.13 Å². The minimum Gasteiger partial charge on any atom is -0.493 e. The number of fused-ring (bicyclic) bond motifs is 2. The van der Waals surface area contributed by atoms with E-state index in [1.54, 1.807) is 17.3 Å². The highest BCUT2D eigenvalue weighted by Crippen LogP contribution is 2.35. The van der Waals surface area contributed by atoms with E-state index in [4.69, 9.17) is 9.72 Å². The van der Waals surface area contributed by atoms with Crippen molar-refractivity contribution in [1.82, 2.24) is 9.97 Å². The zero-order valence-electron chi connectivity index (χ0n) is 18.5. The maximum absolute atomic E-state index is 14.2. The van der Waals surface area contributed by atoms with Crippen molar-refractivity contribution in [3.05, 3.63) is 95.8 Å². The number of aromatic nitrogens is 2. The molecule has 0 saturated heterocycles. The lowest BCUT2D eigenvalue weighted by Crippen LogP contribution is -2.31. The van der Waals surface area contributed by atoms with Crippen molar-refractivity contribution in [3.63, 3.8) is 0 Å². The monoisotopic (exact) mass is 453 g/mol. The number of carbonyl (C=O) groups is 1. The highest BCUT2D eigenvalue weighted by molar-refractivity contribution is 7.22. The number of nitrogens with zero attached hydrogens (tertiary/aromatic N) is 3. The van der Waals surface area contributed by atoms with Crippen LogP contribution in [0.3, 0.4) is 0 Å². The molecular formula is C27H23N3O2S. The Kier molecular flexibility index (Phi) is 5.75. The zero-order chi connectivity index (χ0) is 22.8. The summed E-state index contributed by atoms with van der Waals surface area (Å²) in [7, 11) is 0. The number of hydrogen-bond acceptors (Lipinski definition) is 5. The molecule has 3 aromatic carbocycles. The molecule has 5 aromatic rings. The molecule has 0 saturated carbocycles. The van der Waals surface area contributed by atoms with Gasteiger partial charge in [-0.05, 0) is 60.0 Å². The predicted octanol–water partition coefficient (Wildman–Crippen LogP) is 6.40. The fourth-order valence-corrected chi connectivity index (χ4v) is 4.98. The molecule has 6 heteroatoms. The Morgan fingerprint density at radius 3 is 2.76 bits per heavy atom. The minimum atomic E-state index is -0.144. The lowest BCUT2D eigenvalue weighted by Gasteiger charge is -2.22. The van der Waals surface area contributed by atoms with Gasteiger partial charge in [-0.2, -0.15) is 0 Å². The predicted molar refractivity (Wildman–Crippen MR) is 134 cm³/mol. The molecule has 2 aromatic heterocycles. The molecule has 0 aliphatic carbocycles. The van der Waals surface area contributed by atoms with Crippen LogP contribution >= 0.6 is 11.3 Å². The van der Waals surface area contributed by atoms with Crippen molar-refractivity contribution in [3.8, 4) is 5.75 Å². The first kappa shape index (κ1) is 21.1. The van der Waals surface area contributed by atoms with Crippen LogP contribution in [0.2, 0.25) is 0 Å². The third kappa shape index (κ3) is 4.17. The van der Waals surface area contributed by atoms with Crippen molar-refractivity contribution >= 4 is 43.4 Å². The van der Waals surface area contributed by atoms with Gasteiger partial charge in [0.1, 0.15) is 5.75 Å². The maximum atomic E-state index is 14.2. The van der Waals surface area contributed by atoms with Crippen LogP contribution in [0.15, 0.2) is 79.1 Å². The lowest BCUT2D eigenvalue weighted by atomic mass is 10.0. The van der Waals surface area contributed by atoms with E-state index >= 15 is 0 Å². The quantitative estimate of drug-likeness (QED) is 0.299. The summed E-state index contributed by atoms with van der Waals surface area (Å²) in [4.78, 5) is 25.0. The van der Waals surface area contributed by atoms with Crippen LogP contribution in [0, 0.1) is 6.92 Å². The molecule has 0 aliphatic heterocycles. The van der Waals surface area contributed by atoms with Crippen molar-refractivity contribution in [2.45, 2.75) is 20.4 Å². The zero-order valence-corrected chi connectivity index (χ0v) is 19.3. The van der Waals surface area contributed by atoms with Crippen molar-refractivity contribution < 1.29 is 9.53 Å². The largest absolute Gasteiger partial charge is 0.493 e. The third-order valence-electron chi connectivity index (χ3n) is 5.48. The molecule has 1 amide bonds. The molecule has 0 aliphatic rings. The molecule has 5 rings (SSSR count). The number of benzene rings is 3. The standard InChI is InChI=1S/C27H23N3O2S/c1-3-32-23-13-11-20-8-4-5-9-21(20)25(23)26(31)30(17-19-7-6-14-28-16-19)27-29-22-12-10-18(2)15-24(22)33-27/h4-16H,3,17H2,1-2H3. The number of rotatable bonds is 6. The third-order valence-corrected chi connectivity index (χ3v) is 6.52. The van der Waals surface area contributed by atoms with E-state index in [9.17, 15) is 4.79 Å². The Balaban J connectivity index is 1.68. The van der Waals surface area contributed by atoms with E-state index in [1.165, 1.54) is 11.3 Å². The summed E-state index contributed by atoms with van der Waals surface area (Å²) in [6.07, 6.45) is 3.51. The molecule has 0 N–H and O–H groups in total. The first-order chi connectivity index (χ1) is 16.1. The summed E-state index contributed by atoms with van der Waals surface area (Å²) in [6, 6.07) is 21.8. The highest BCUT2D eigenvalue weighted by atomic mass is 32.1. The number of amides is 1. The van der Waals surface area contributed by atoms with Crippen molar-refractivity contribution in [1.29, 1.82) is 0 Å². The molecule has 33 heavy (non-hydrogen) atoms. The van der Waals surface area contributed by atoms with Crippen LogP contribution in [0.25, 0.3) is 21.0 Å². The van der Waals surface area contributed by atoms with Gasteiger partial charge in [-0.15, -0.1) is 0 Å². The Morgan fingerprint density at radius 1 is 1.06 bits per heavy atom. The number of thiazole rings is 1. The molecule has 164 valence electrons.